The number of hydrogen-bond acceptors (Lipinski definition) is 9. The maximum absolute atomic E-state index is 12.6. The van der Waals surface area contributed by atoms with Crippen molar-refractivity contribution in [2.75, 3.05) is 37.9 Å². The smallest absolute Gasteiger partial charge is 0.254 e. The van der Waals surface area contributed by atoms with Crippen molar-refractivity contribution in [2.45, 2.75) is 25.4 Å². The Balaban J connectivity index is 1.19. The lowest BCUT2D eigenvalue weighted by atomic mass is 10.1. The van der Waals surface area contributed by atoms with Gasteiger partial charge in [0.05, 0.1) is 42.0 Å². The number of rotatable bonds is 10. The second-order valence-electron chi connectivity index (χ2n) is 10.7. The molecule has 1 aliphatic heterocycles. The number of nitrogens with zero attached hydrogens (tertiary/aromatic N) is 6. The van der Waals surface area contributed by atoms with Crippen LogP contribution in [0.15, 0.2) is 61.1 Å². The molecule has 0 atom stereocenters. The monoisotopic (exact) mass is 577 g/mol. The number of methoxy groups -OCH3 is 1. The van der Waals surface area contributed by atoms with Crippen LogP contribution in [-0.2, 0) is 11.3 Å². The van der Waals surface area contributed by atoms with Gasteiger partial charge in [-0.05, 0) is 31.0 Å². The second kappa shape index (κ2) is 11.9. The molecule has 2 fully saturated rings. The SMILES string of the molecule is CNC(=O)c1cnc(NC(=O)C2CC2)cc1Nc1cccc(-c2cnn(C3CN(Cc4cccc(C#N)n4)C3)c2)c1OC. The van der Waals surface area contributed by atoms with Crippen LogP contribution < -0.4 is 20.7 Å². The molecule has 3 N–H and O–H groups in total. The van der Waals surface area contributed by atoms with E-state index in [-0.39, 0.29) is 23.8 Å². The van der Waals surface area contributed by atoms with E-state index in [2.05, 4.69) is 42.0 Å². The average molecular weight is 578 g/mol. The Morgan fingerprint density at radius 1 is 1.12 bits per heavy atom. The normalized spacial score (nSPS) is 14.8. The van der Waals surface area contributed by atoms with Crippen molar-refractivity contribution >= 4 is 29.0 Å². The van der Waals surface area contributed by atoms with Crippen molar-refractivity contribution in [3.05, 3.63) is 78.0 Å². The minimum atomic E-state index is -0.311. The third-order valence-corrected chi connectivity index (χ3v) is 7.60. The number of aromatic nitrogens is 4. The fourth-order valence-electron chi connectivity index (χ4n) is 5.12. The van der Waals surface area contributed by atoms with Crippen LogP contribution in [0.2, 0.25) is 0 Å². The topological polar surface area (TPSA) is 150 Å². The van der Waals surface area contributed by atoms with Crippen molar-refractivity contribution in [3.8, 4) is 22.9 Å². The number of nitriles is 1. The molecule has 6 rings (SSSR count). The summed E-state index contributed by atoms with van der Waals surface area (Å²) in [6, 6.07) is 15.2. The second-order valence-corrected chi connectivity index (χ2v) is 10.7. The van der Waals surface area contributed by atoms with Crippen LogP contribution in [0.1, 0.15) is 40.6 Å². The minimum absolute atomic E-state index is 0.0241. The molecule has 218 valence electrons. The van der Waals surface area contributed by atoms with Crippen molar-refractivity contribution in [1.29, 1.82) is 5.26 Å². The minimum Gasteiger partial charge on any atom is -0.494 e. The third kappa shape index (κ3) is 6.02. The summed E-state index contributed by atoms with van der Waals surface area (Å²) in [6.07, 6.45) is 7.02. The van der Waals surface area contributed by atoms with Gasteiger partial charge in [-0.3, -0.25) is 19.2 Å². The van der Waals surface area contributed by atoms with Crippen LogP contribution in [0.25, 0.3) is 11.1 Å². The summed E-state index contributed by atoms with van der Waals surface area (Å²) in [4.78, 5) is 35.9. The molecule has 2 amide bonds. The summed E-state index contributed by atoms with van der Waals surface area (Å²) in [5, 5.41) is 22.5. The Hall–Kier alpha value is -5.28. The molecule has 12 nitrogen and oxygen atoms in total. The largest absolute Gasteiger partial charge is 0.494 e. The molecule has 4 heterocycles. The molecule has 1 saturated carbocycles. The molecule has 43 heavy (non-hydrogen) atoms. The lowest BCUT2D eigenvalue weighted by Gasteiger charge is -2.38. The molecule has 1 aliphatic carbocycles. The molecule has 1 aromatic carbocycles. The van der Waals surface area contributed by atoms with Gasteiger partial charge in [-0.15, -0.1) is 0 Å². The zero-order chi connectivity index (χ0) is 29.9. The third-order valence-electron chi connectivity index (χ3n) is 7.60. The molecule has 0 unspecified atom stereocenters. The highest BCUT2D eigenvalue weighted by Crippen LogP contribution is 2.39. The Labute approximate surface area is 248 Å². The Kier molecular flexibility index (Phi) is 7.72. The highest BCUT2D eigenvalue weighted by Gasteiger charge is 2.31. The Morgan fingerprint density at radius 3 is 2.67 bits per heavy atom. The van der Waals surface area contributed by atoms with Crippen LogP contribution in [0.3, 0.4) is 0 Å². The zero-order valence-corrected chi connectivity index (χ0v) is 23.9. The van der Waals surface area contributed by atoms with E-state index in [4.69, 9.17) is 10.00 Å². The van der Waals surface area contributed by atoms with Gasteiger partial charge in [0.1, 0.15) is 23.3 Å². The van der Waals surface area contributed by atoms with E-state index in [0.717, 1.165) is 42.8 Å². The lowest BCUT2D eigenvalue weighted by Crippen LogP contribution is -2.47. The van der Waals surface area contributed by atoms with Gasteiger partial charge in [0.25, 0.3) is 5.91 Å². The van der Waals surface area contributed by atoms with Crippen LogP contribution in [0.5, 0.6) is 5.75 Å². The van der Waals surface area contributed by atoms with E-state index < -0.39 is 0 Å². The molecule has 0 radical (unpaired) electrons. The number of carbonyl (C=O) groups is 2. The number of ether oxygens (including phenoxy) is 1. The standard InChI is InChI=1S/C31H31N9O3/c1-33-31(42)25-14-34-28(38-30(41)19-9-10-19)11-27(25)37-26-8-4-7-24(29(26)43-2)20-13-35-40(15-20)23-17-39(18-23)16-22-6-3-5-21(12-32)36-22/h3-8,11,13-15,19,23H,9-10,16-18H2,1-2H3,(H,33,42)(H2,34,37,38,41). The zero-order valence-electron chi connectivity index (χ0n) is 23.9. The first-order valence-corrected chi connectivity index (χ1v) is 14.1. The molecule has 4 aromatic rings. The van der Waals surface area contributed by atoms with Crippen LogP contribution >= 0.6 is 0 Å². The maximum atomic E-state index is 12.6. The van der Waals surface area contributed by atoms with E-state index in [0.29, 0.717) is 40.7 Å². The molecule has 1 saturated heterocycles. The first kappa shape index (κ1) is 27.9. The number of para-hydroxylation sites is 1. The predicted molar refractivity (Wildman–Crippen MR) is 160 cm³/mol. The van der Waals surface area contributed by atoms with Gasteiger partial charge in [0.2, 0.25) is 5.91 Å². The first-order valence-electron chi connectivity index (χ1n) is 14.1. The van der Waals surface area contributed by atoms with Gasteiger partial charge >= 0.3 is 0 Å². The number of likely N-dealkylation sites (tertiary alicyclic amines) is 1. The van der Waals surface area contributed by atoms with Crippen molar-refractivity contribution < 1.29 is 14.3 Å². The van der Waals surface area contributed by atoms with Crippen LogP contribution in [-0.4, -0.2) is 63.7 Å². The van der Waals surface area contributed by atoms with Gasteiger partial charge in [0, 0.05) is 62.2 Å². The summed E-state index contributed by atoms with van der Waals surface area (Å²) in [5.74, 6) is 0.600. The molecule has 12 heteroatoms. The summed E-state index contributed by atoms with van der Waals surface area (Å²) in [5.41, 5.74) is 4.48. The Bertz CT molecular complexity index is 1720. The maximum Gasteiger partial charge on any atom is 0.254 e. The van der Waals surface area contributed by atoms with E-state index in [1.807, 2.05) is 47.4 Å². The quantitative estimate of drug-likeness (QED) is 0.256. The molecular weight excluding hydrogens is 546 g/mol. The highest BCUT2D eigenvalue weighted by atomic mass is 16.5. The number of nitrogens with one attached hydrogen (secondary N) is 3. The van der Waals surface area contributed by atoms with Crippen LogP contribution in [0, 0.1) is 17.2 Å². The summed E-state index contributed by atoms with van der Waals surface area (Å²) >= 11 is 0. The van der Waals surface area contributed by atoms with E-state index >= 15 is 0 Å². The van der Waals surface area contributed by atoms with E-state index in [1.165, 1.54) is 6.20 Å². The number of benzene rings is 1. The molecule has 0 bridgehead atoms. The summed E-state index contributed by atoms with van der Waals surface area (Å²) in [6.45, 7) is 2.32. The first-order chi connectivity index (χ1) is 20.9. The number of carbonyl (C=O) groups excluding carboxylic acids is 2. The Morgan fingerprint density at radius 2 is 1.93 bits per heavy atom. The number of hydrogen-bond donors (Lipinski definition) is 3. The predicted octanol–water partition coefficient (Wildman–Crippen LogP) is 3.73. The number of amides is 2. The van der Waals surface area contributed by atoms with Gasteiger partial charge in [-0.2, -0.15) is 10.4 Å². The molecule has 2 aliphatic rings. The highest BCUT2D eigenvalue weighted by molar-refractivity contribution is 6.01. The van der Waals surface area contributed by atoms with Crippen LogP contribution in [0.4, 0.5) is 17.2 Å². The lowest BCUT2D eigenvalue weighted by molar-refractivity contribution is -0.117. The number of anilines is 3. The van der Waals surface area contributed by atoms with Crippen molar-refractivity contribution in [1.82, 2.24) is 30.0 Å². The van der Waals surface area contributed by atoms with Crippen molar-refractivity contribution in [3.63, 3.8) is 0 Å². The van der Waals surface area contributed by atoms with E-state index in [9.17, 15) is 9.59 Å². The van der Waals surface area contributed by atoms with Gasteiger partial charge in [0.15, 0.2) is 0 Å². The molecule has 0 spiro atoms. The van der Waals surface area contributed by atoms with Crippen molar-refractivity contribution in [2.24, 2.45) is 5.92 Å². The van der Waals surface area contributed by atoms with Gasteiger partial charge in [-0.1, -0.05) is 18.2 Å². The molecule has 3 aromatic heterocycles. The van der Waals surface area contributed by atoms with Gasteiger partial charge in [-0.25, -0.2) is 9.97 Å². The summed E-state index contributed by atoms with van der Waals surface area (Å²) in [7, 11) is 3.15. The fraction of sp³-hybridized carbons (Fsp3) is 0.290. The van der Waals surface area contributed by atoms with Gasteiger partial charge < -0.3 is 20.7 Å². The molecular formula is C31H31N9O3. The summed E-state index contributed by atoms with van der Waals surface area (Å²) < 4.78 is 7.82. The average Bonchev–Trinajstić information content (AvgIpc) is 3.76. The fourth-order valence-corrected chi connectivity index (χ4v) is 5.12. The van der Waals surface area contributed by atoms with E-state index in [1.54, 1.807) is 26.3 Å². The number of pyridine rings is 2.